The molecular formula is C63H112O6. The van der Waals surface area contributed by atoms with Crippen LogP contribution in [0.1, 0.15) is 303 Å². The van der Waals surface area contributed by atoms with E-state index in [4.69, 9.17) is 14.2 Å². The van der Waals surface area contributed by atoms with Crippen LogP contribution in [0.25, 0.3) is 0 Å². The average Bonchev–Trinajstić information content (AvgIpc) is 3.35. The first-order valence-electron chi connectivity index (χ1n) is 29.8. The maximum absolute atomic E-state index is 12.9. The standard InChI is InChI=1S/C63H112O6/c1-4-7-10-13-16-19-22-25-28-30-31-33-35-38-41-44-47-50-53-56-62(65)68-59-60(58-67-61(64)55-52-49-46-43-40-37-34-27-24-21-18-15-12-9-6-3)69-63(66)57-54-51-48-45-42-39-36-32-29-26-23-20-17-14-11-8-5-2/h16,19,25-29,31,33-34,60H,4-15,17-18,20-24,30,32,35-59H2,1-3H3/b19-16-,28-25-,29-26-,33-31-,34-27-. The Morgan fingerprint density at radius 3 is 0.855 bits per heavy atom. The van der Waals surface area contributed by atoms with Gasteiger partial charge in [-0.1, -0.05) is 236 Å². The van der Waals surface area contributed by atoms with Crippen molar-refractivity contribution in [2.75, 3.05) is 13.2 Å². The third-order valence-corrected chi connectivity index (χ3v) is 13.0. The van der Waals surface area contributed by atoms with E-state index >= 15 is 0 Å². The summed E-state index contributed by atoms with van der Waals surface area (Å²) in [6.07, 6.45) is 72.0. The summed E-state index contributed by atoms with van der Waals surface area (Å²) in [6.45, 7) is 6.61. The molecule has 0 aromatic rings. The van der Waals surface area contributed by atoms with Gasteiger partial charge in [0.1, 0.15) is 13.2 Å². The summed E-state index contributed by atoms with van der Waals surface area (Å²) >= 11 is 0. The molecule has 0 radical (unpaired) electrons. The number of unbranched alkanes of at least 4 members (excludes halogenated alkanes) is 33. The first kappa shape index (κ1) is 66.1. The second-order valence-corrected chi connectivity index (χ2v) is 19.9. The quantitative estimate of drug-likeness (QED) is 0.0262. The van der Waals surface area contributed by atoms with Gasteiger partial charge in [0.2, 0.25) is 0 Å². The molecule has 0 heterocycles. The van der Waals surface area contributed by atoms with E-state index < -0.39 is 6.10 Å². The smallest absolute Gasteiger partial charge is 0.306 e. The molecule has 0 bridgehead atoms. The number of rotatable bonds is 54. The van der Waals surface area contributed by atoms with Gasteiger partial charge in [0.15, 0.2) is 6.10 Å². The summed E-state index contributed by atoms with van der Waals surface area (Å²) < 4.78 is 16.9. The maximum Gasteiger partial charge on any atom is 0.306 e. The molecule has 0 saturated heterocycles. The van der Waals surface area contributed by atoms with Crippen LogP contribution in [0.2, 0.25) is 0 Å². The number of hydrogen-bond donors (Lipinski definition) is 0. The Hall–Kier alpha value is -2.89. The monoisotopic (exact) mass is 965 g/mol. The molecule has 6 nitrogen and oxygen atoms in total. The molecule has 0 aliphatic carbocycles. The lowest BCUT2D eigenvalue weighted by Gasteiger charge is -2.18. The summed E-state index contributed by atoms with van der Waals surface area (Å²) in [5, 5.41) is 0. The summed E-state index contributed by atoms with van der Waals surface area (Å²) in [6, 6.07) is 0. The zero-order chi connectivity index (χ0) is 50.0. The van der Waals surface area contributed by atoms with E-state index in [2.05, 4.69) is 81.5 Å². The fourth-order valence-corrected chi connectivity index (χ4v) is 8.44. The summed E-state index contributed by atoms with van der Waals surface area (Å²) in [4.78, 5) is 38.2. The van der Waals surface area contributed by atoms with Crippen LogP contribution < -0.4 is 0 Å². The van der Waals surface area contributed by atoms with Crippen molar-refractivity contribution in [3.05, 3.63) is 60.8 Å². The lowest BCUT2D eigenvalue weighted by Crippen LogP contribution is -2.30. The molecule has 0 saturated carbocycles. The predicted octanol–water partition coefficient (Wildman–Crippen LogP) is 20.0. The van der Waals surface area contributed by atoms with E-state index in [0.29, 0.717) is 19.3 Å². The first-order chi connectivity index (χ1) is 34.0. The Balaban J connectivity index is 4.40. The predicted molar refractivity (Wildman–Crippen MR) is 298 cm³/mol. The van der Waals surface area contributed by atoms with E-state index in [0.717, 1.165) is 83.5 Å². The molecular weight excluding hydrogens is 853 g/mol. The Labute approximate surface area is 428 Å². The molecule has 0 aromatic heterocycles. The van der Waals surface area contributed by atoms with Gasteiger partial charge in [-0.3, -0.25) is 14.4 Å². The number of carbonyl (C=O) groups excluding carboxylic acids is 3. The second kappa shape index (κ2) is 57.7. The first-order valence-corrected chi connectivity index (χ1v) is 29.8. The molecule has 69 heavy (non-hydrogen) atoms. The number of hydrogen-bond acceptors (Lipinski definition) is 6. The molecule has 1 atom stereocenters. The molecule has 0 aromatic carbocycles. The number of esters is 3. The van der Waals surface area contributed by atoms with Crippen molar-refractivity contribution < 1.29 is 28.6 Å². The second-order valence-electron chi connectivity index (χ2n) is 19.9. The van der Waals surface area contributed by atoms with E-state index in [9.17, 15) is 14.4 Å². The van der Waals surface area contributed by atoms with E-state index in [1.165, 1.54) is 180 Å². The maximum atomic E-state index is 12.9. The van der Waals surface area contributed by atoms with E-state index in [1.54, 1.807) is 0 Å². The Kier molecular flexibility index (Phi) is 55.3. The van der Waals surface area contributed by atoms with Crippen LogP contribution in [0.5, 0.6) is 0 Å². The van der Waals surface area contributed by atoms with Crippen LogP contribution in [0.4, 0.5) is 0 Å². The van der Waals surface area contributed by atoms with Crippen molar-refractivity contribution in [3.63, 3.8) is 0 Å². The van der Waals surface area contributed by atoms with Crippen molar-refractivity contribution in [1.29, 1.82) is 0 Å². The SMILES string of the molecule is CCCCC/C=C\C/C=C\C/C=C\CCCCCCCCC(=O)OCC(COC(=O)CCCCCCC/C=C\CCCCCCCC)OC(=O)CCCCCCCCC/C=C\CCCCCCCC. The van der Waals surface area contributed by atoms with Crippen LogP contribution in [0.3, 0.4) is 0 Å². The molecule has 0 aliphatic rings. The Morgan fingerprint density at radius 1 is 0.290 bits per heavy atom. The number of ether oxygens (including phenoxy) is 3. The highest BCUT2D eigenvalue weighted by molar-refractivity contribution is 5.71. The fraction of sp³-hybridized carbons (Fsp3) is 0.794. The van der Waals surface area contributed by atoms with Gasteiger partial charge in [-0.25, -0.2) is 0 Å². The normalized spacial score (nSPS) is 12.4. The van der Waals surface area contributed by atoms with Gasteiger partial charge in [-0.2, -0.15) is 0 Å². The molecule has 0 rings (SSSR count). The van der Waals surface area contributed by atoms with E-state index in [-0.39, 0.29) is 31.1 Å². The Bertz CT molecular complexity index is 1250. The van der Waals surface area contributed by atoms with Crippen LogP contribution >= 0.6 is 0 Å². The topological polar surface area (TPSA) is 78.9 Å². The van der Waals surface area contributed by atoms with E-state index in [1.807, 2.05) is 0 Å². The largest absolute Gasteiger partial charge is 0.462 e. The molecule has 400 valence electrons. The average molecular weight is 966 g/mol. The van der Waals surface area contributed by atoms with Crippen molar-refractivity contribution in [2.45, 2.75) is 309 Å². The Morgan fingerprint density at radius 2 is 0.522 bits per heavy atom. The molecule has 0 amide bonds. The molecule has 0 fully saturated rings. The third kappa shape index (κ3) is 55.9. The van der Waals surface area contributed by atoms with Crippen LogP contribution in [-0.2, 0) is 28.6 Å². The number of allylic oxidation sites excluding steroid dienone is 10. The highest BCUT2D eigenvalue weighted by Crippen LogP contribution is 2.15. The lowest BCUT2D eigenvalue weighted by atomic mass is 10.1. The molecule has 1 unspecified atom stereocenters. The van der Waals surface area contributed by atoms with Crippen molar-refractivity contribution in [1.82, 2.24) is 0 Å². The molecule has 0 aliphatic heterocycles. The third-order valence-electron chi connectivity index (χ3n) is 13.0. The zero-order valence-corrected chi connectivity index (χ0v) is 45.8. The minimum absolute atomic E-state index is 0.0834. The molecule has 0 N–H and O–H groups in total. The van der Waals surface area contributed by atoms with Gasteiger partial charge in [0.05, 0.1) is 0 Å². The fourth-order valence-electron chi connectivity index (χ4n) is 8.44. The van der Waals surface area contributed by atoms with Gasteiger partial charge in [-0.15, -0.1) is 0 Å². The van der Waals surface area contributed by atoms with Crippen LogP contribution in [0.15, 0.2) is 60.8 Å². The zero-order valence-electron chi connectivity index (χ0n) is 45.8. The van der Waals surface area contributed by atoms with Gasteiger partial charge >= 0.3 is 17.9 Å². The van der Waals surface area contributed by atoms with Crippen molar-refractivity contribution in [3.8, 4) is 0 Å². The van der Waals surface area contributed by atoms with Gasteiger partial charge in [-0.05, 0) is 109 Å². The number of carbonyl (C=O) groups is 3. The minimum Gasteiger partial charge on any atom is -0.462 e. The lowest BCUT2D eigenvalue weighted by molar-refractivity contribution is -0.167. The van der Waals surface area contributed by atoms with Crippen molar-refractivity contribution in [2.24, 2.45) is 0 Å². The van der Waals surface area contributed by atoms with Gasteiger partial charge in [0.25, 0.3) is 0 Å². The summed E-state index contributed by atoms with van der Waals surface area (Å²) in [5.74, 6) is -0.896. The summed E-state index contributed by atoms with van der Waals surface area (Å²) in [7, 11) is 0. The highest BCUT2D eigenvalue weighted by Gasteiger charge is 2.19. The molecule has 0 spiro atoms. The van der Waals surface area contributed by atoms with Crippen LogP contribution in [-0.4, -0.2) is 37.2 Å². The van der Waals surface area contributed by atoms with Crippen LogP contribution in [0, 0.1) is 0 Å². The molecule has 6 heteroatoms. The highest BCUT2D eigenvalue weighted by atomic mass is 16.6. The van der Waals surface area contributed by atoms with Crippen molar-refractivity contribution >= 4 is 17.9 Å². The summed E-state index contributed by atoms with van der Waals surface area (Å²) in [5.41, 5.74) is 0. The van der Waals surface area contributed by atoms with Gasteiger partial charge in [0, 0.05) is 19.3 Å². The minimum atomic E-state index is -0.785. The van der Waals surface area contributed by atoms with Gasteiger partial charge < -0.3 is 14.2 Å².